The molecule has 1 atom stereocenters. The molecule has 11 nitrogen and oxygen atoms in total. The first kappa shape index (κ1) is 25.6. The molecule has 1 unspecified atom stereocenters. The first-order valence-corrected chi connectivity index (χ1v) is 11.0. The number of likely N-dealkylation sites (N-methyl/N-ethyl adjacent to an activating group) is 1. The molecule has 0 bridgehead atoms. The predicted octanol–water partition coefficient (Wildman–Crippen LogP) is 2.70. The van der Waals surface area contributed by atoms with Crippen molar-refractivity contribution in [1.82, 2.24) is 14.8 Å². The number of hydrogen-bond donors (Lipinski definition) is 2. The molecule has 1 amide bonds. The van der Waals surface area contributed by atoms with Crippen LogP contribution in [-0.2, 0) is 14.3 Å². The number of amides is 1. The number of nitrogens with one attached hydrogen (secondary N) is 1. The van der Waals surface area contributed by atoms with Crippen molar-refractivity contribution >= 4 is 29.1 Å². The number of esters is 1. The van der Waals surface area contributed by atoms with Crippen molar-refractivity contribution in [2.45, 2.75) is 26.8 Å². The molecule has 1 aromatic heterocycles. The molecule has 2 N–H and O–H groups in total. The monoisotopic (exact) mass is 484 g/mol. The average Bonchev–Trinajstić information content (AvgIpc) is 3.24. The molecule has 0 saturated carbocycles. The molecule has 1 aliphatic heterocycles. The van der Waals surface area contributed by atoms with Crippen molar-refractivity contribution in [3.8, 4) is 0 Å². The molecule has 11 heteroatoms. The second-order valence-electron chi connectivity index (χ2n) is 8.49. The third-order valence-electron chi connectivity index (χ3n) is 5.88. The Morgan fingerprint density at radius 1 is 1.29 bits per heavy atom. The standard InChI is InChI=1S/C24H28N4O7/c1-6-35-24(32)19-13(2)17(14(3)25-19)21(29)18-20(15-8-7-9-16(12-15)28(33)34)27(11-10-26(4)5)23(31)22(18)30/h7-9,12,20,25,29H,6,10-11H2,1-5H3/b21-18-. The van der Waals surface area contributed by atoms with Crippen LogP contribution in [-0.4, -0.2) is 76.3 Å². The van der Waals surface area contributed by atoms with Crippen LogP contribution in [0.2, 0.25) is 0 Å². The Labute approximate surface area is 202 Å². The van der Waals surface area contributed by atoms with Gasteiger partial charge < -0.3 is 24.6 Å². The zero-order valence-electron chi connectivity index (χ0n) is 20.2. The van der Waals surface area contributed by atoms with Gasteiger partial charge in [-0.05, 0) is 46.0 Å². The van der Waals surface area contributed by atoms with Gasteiger partial charge in [-0.1, -0.05) is 12.1 Å². The van der Waals surface area contributed by atoms with E-state index in [1.165, 1.54) is 23.1 Å². The quantitative estimate of drug-likeness (QED) is 0.145. The number of ether oxygens (including phenoxy) is 1. The van der Waals surface area contributed by atoms with Crippen molar-refractivity contribution in [2.75, 3.05) is 33.8 Å². The second-order valence-corrected chi connectivity index (χ2v) is 8.49. The first-order valence-electron chi connectivity index (χ1n) is 11.0. The van der Waals surface area contributed by atoms with Crippen LogP contribution >= 0.6 is 0 Å². The number of non-ortho nitro benzene ring substituents is 1. The van der Waals surface area contributed by atoms with Gasteiger partial charge in [0.25, 0.3) is 17.4 Å². The maximum absolute atomic E-state index is 13.2. The fourth-order valence-corrected chi connectivity index (χ4v) is 4.22. The number of aromatic nitrogens is 1. The van der Waals surface area contributed by atoms with Gasteiger partial charge in [0.2, 0.25) is 0 Å². The molecule has 1 saturated heterocycles. The normalized spacial score (nSPS) is 17.3. The Hall–Kier alpha value is -3.99. The molecular formula is C24H28N4O7. The Bertz CT molecular complexity index is 1230. The minimum absolute atomic E-state index is 0.125. The Balaban J connectivity index is 2.24. The molecule has 1 aliphatic rings. The molecule has 2 heterocycles. The summed E-state index contributed by atoms with van der Waals surface area (Å²) in [6.45, 7) is 5.61. The lowest BCUT2D eigenvalue weighted by Crippen LogP contribution is -2.35. The number of aliphatic hydroxyl groups excluding tert-OH is 1. The van der Waals surface area contributed by atoms with Gasteiger partial charge in [0.15, 0.2) is 0 Å². The van der Waals surface area contributed by atoms with E-state index in [2.05, 4.69) is 4.98 Å². The summed E-state index contributed by atoms with van der Waals surface area (Å²) in [6, 6.07) is 4.58. The largest absolute Gasteiger partial charge is 0.507 e. The zero-order chi connectivity index (χ0) is 26.0. The van der Waals surface area contributed by atoms with Gasteiger partial charge in [0.1, 0.15) is 11.5 Å². The van der Waals surface area contributed by atoms with Gasteiger partial charge in [-0.15, -0.1) is 0 Å². The van der Waals surface area contributed by atoms with E-state index in [0.29, 0.717) is 23.4 Å². The fraction of sp³-hybridized carbons (Fsp3) is 0.375. The van der Waals surface area contributed by atoms with Crippen molar-refractivity contribution in [2.24, 2.45) is 0 Å². The van der Waals surface area contributed by atoms with Crippen LogP contribution < -0.4 is 0 Å². The summed E-state index contributed by atoms with van der Waals surface area (Å²) in [6.07, 6.45) is 0. The lowest BCUT2D eigenvalue weighted by molar-refractivity contribution is -0.384. The number of Topliss-reactive ketones (excluding diaryl/α,β-unsaturated/α-hetero) is 1. The summed E-state index contributed by atoms with van der Waals surface area (Å²) in [5, 5.41) is 22.7. The highest BCUT2D eigenvalue weighted by Crippen LogP contribution is 2.41. The number of aromatic amines is 1. The summed E-state index contributed by atoms with van der Waals surface area (Å²) in [7, 11) is 3.62. The molecule has 0 spiro atoms. The van der Waals surface area contributed by atoms with Gasteiger partial charge in [0, 0.05) is 36.5 Å². The Morgan fingerprint density at radius 2 is 1.97 bits per heavy atom. The van der Waals surface area contributed by atoms with Crippen molar-refractivity contribution in [3.05, 3.63) is 68.0 Å². The van der Waals surface area contributed by atoms with Gasteiger partial charge in [-0.3, -0.25) is 19.7 Å². The predicted molar refractivity (Wildman–Crippen MR) is 127 cm³/mol. The van der Waals surface area contributed by atoms with E-state index < -0.39 is 34.4 Å². The molecular weight excluding hydrogens is 456 g/mol. The van der Waals surface area contributed by atoms with E-state index in [-0.39, 0.29) is 35.7 Å². The number of likely N-dealkylation sites (tertiary alicyclic amines) is 1. The van der Waals surface area contributed by atoms with Crippen LogP contribution in [0.25, 0.3) is 5.76 Å². The minimum Gasteiger partial charge on any atom is -0.507 e. The van der Waals surface area contributed by atoms with E-state index in [4.69, 9.17) is 4.74 Å². The van der Waals surface area contributed by atoms with E-state index >= 15 is 0 Å². The number of rotatable bonds is 8. The van der Waals surface area contributed by atoms with Crippen LogP contribution in [0.4, 0.5) is 5.69 Å². The molecule has 2 aromatic rings. The Morgan fingerprint density at radius 3 is 2.57 bits per heavy atom. The van der Waals surface area contributed by atoms with Crippen LogP contribution in [0, 0.1) is 24.0 Å². The number of hydrogen-bond acceptors (Lipinski definition) is 8. The maximum Gasteiger partial charge on any atom is 0.355 e. The summed E-state index contributed by atoms with van der Waals surface area (Å²) < 4.78 is 5.05. The molecule has 35 heavy (non-hydrogen) atoms. The average molecular weight is 485 g/mol. The summed E-state index contributed by atoms with van der Waals surface area (Å²) in [4.78, 5) is 55.4. The highest BCUT2D eigenvalue weighted by Gasteiger charge is 2.46. The number of H-pyrrole nitrogens is 1. The third-order valence-corrected chi connectivity index (χ3v) is 5.88. The van der Waals surface area contributed by atoms with Crippen LogP contribution in [0.5, 0.6) is 0 Å². The summed E-state index contributed by atoms with van der Waals surface area (Å²) in [5.74, 6) is -2.81. The first-order chi connectivity index (χ1) is 16.5. The summed E-state index contributed by atoms with van der Waals surface area (Å²) in [5.41, 5.74) is 0.995. The number of ketones is 1. The molecule has 0 aliphatic carbocycles. The minimum atomic E-state index is -1.05. The number of nitrogens with zero attached hydrogens (tertiary/aromatic N) is 3. The number of aliphatic hydroxyl groups is 1. The number of benzene rings is 1. The van der Waals surface area contributed by atoms with Crippen molar-refractivity contribution < 1.29 is 29.2 Å². The number of carbonyl (C=O) groups excluding carboxylic acids is 3. The third kappa shape index (κ3) is 4.80. The molecule has 1 aromatic carbocycles. The topological polar surface area (TPSA) is 146 Å². The van der Waals surface area contributed by atoms with E-state index in [0.717, 1.165) is 0 Å². The maximum atomic E-state index is 13.2. The SMILES string of the molecule is CCOC(=O)c1[nH]c(C)c(/C(O)=C2/C(=O)C(=O)N(CCN(C)C)C2c2cccc([N+](=O)[O-])c2)c1C. The lowest BCUT2D eigenvalue weighted by atomic mass is 9.93. The van der Waals surface area contributed by atoms with Gasteiger partial charge in [-0.2, -0.15) is 0 Å². The number of aryl methyl sites for hydroxylation is 1. The van der Waals surface area contributed by atoms with Crippen LogP contribution in [0.15, 0.2) is 29.8 Å². The van der Waals surface area contributed by atoms with Crippen LogP contribution in [0.3, 0.4) is 0 Å². The smallest absolute Gasteiger partial charge is 0.355 e. The number of nitro groups is 1. The molecule has 3 rings (SSSR count). The molecule has 1 fully saturated rings. The van der Waals surface area contributed by atoms with Crippen LogP contribution in [0.1, 0.15) is 45.8 Å². The lowest BCUT2D eigenvalue weighted by Gasteiger charge is -2.26. The number of carbonyl (C=O) groups is 3. The van der Waals surface area contributed by atoms with E-state index in [9.17, 15) is 29.6 Å². The van der Waals surface area contributed by atoms with E-state index in [1.807, 2.05) is 19.0 Å². The molecule has 186 valence electrons. The van der Waals surface area contributed by atoms with E-state index in [1.54, 1.807) is 26.8 Å². The van der Waals surface area contributed by atoms with Crippen molar-refractivity contribution in [3.63, 3.8) is 0 Å². The van der Waals surface area contributed by atoms with Gasteiger partial charge in [-0.25, -0.2) is 4.79 Å². The van der Waals surface area contributed by atoms with Gasteiger partial charge >= 0.3 is 5.97 Å². The van der Waals surface area contributed by atoms with Crippen molar-refractivity contribution in [1.29, 1.82) is 0 Å². The highest BCUT2D eigenvalue weighted by atomic mass is 16.6. The summed E-state index contributed by atoms with van der Waals surface area (Å²) >= 11 is 0. The molecule has 0 radical (unpaired) electrons. The Kier molecular flexibility index (Phi) is 7.39. The zero-order valence-corrected chi connectivity index (χ0v) is 20.2. The highest BCUT2D eigenvalue weighted by molar-refractivity contribution is 6.46. The fourth-order valence-electron chi connectivity index (χ4n) is 4.22. The number of nitro benzene ring substituents is 1. The second kappa shape index (κ2) is 10.1. The van der Waals surface area contributed by atoms with Gasteiger partial charge in [0.05, 0.1) is 23.1 Å².